The summed E-state index contributed by atoms with van der Waals surface area (Å²) in [7, 11) is 0. The van der Waals surface area contributed by atoms with E-state index in [1.165, 1.54) is 6.07 Å². The smallest absolute Gasteiger partial charge is 0.138 e. The van der Waals surface area contributed by atoms with Gasteiger partial charge in [-0.2, -0.15) is 0 Å². The van der Waals surface area contributed by atoms with Gasteiger partial charge in [0.2, 0.25) is 0 Å². The summed E-state index contributed by atoms with van der Waals surface area (Å²) in [6, 6.07) is 3.25. The highest BCUT2D eigenvalue weighted by Gasteiger charge is 2.18. The molecule has 1 aliphatic rings. The maximum absolute atomic E-state index is 9.87. The van der Waals surface area contributed by atoms with Gasteiger partial charge >= 0.3 is 0 Å². The molecule has 0 amide bonds. The second-order valence-electron chi connectivity index (χ2n) is 4.91. The van der Waals surface area contributed by atoms with Crippen LogP contribution in [0.15, 0.2) is 12.1 Å². The Morgan fingerprint density at radius 2 is 2.25 bits per heavy atom. The lowest BCUT2D eigenvalue weighted by Crippen LogP contribution is -2.46. The normalized spacial score (nSPS) is 20.2. The zero-order chi connectivity index (χ0) is 14.5. The molecular formula is C14H20Cl2N2O2. The zero-order valence-corrected chi connectivity index (χ0v) is 13.0. The molecule has 4 nitrogen and oxygen atoms in total. The van der Waals surface area contributed by atoms with Gasteiger partial charge in [0.25, 0.3) is 0 Å². The topological polar surface area (TPSA) is 44.7 Å². The predicted molar refractivity (Wildman–Crippen MR) is 81.7 cm³/mol. The third-order valence-electron chi connectivity index (χ3n) is 3.46. The molecule has 0 bridgehead atoms. The molecule has 1 aromatic rings. The summed E-state index contributed by atoms with van der Waals surface area (Å²) in [4.78, 5) is 2.36. The SMILES string of the molecule is CCN1CCOC(CNCc2cc(Cl)cc(Cl)c2O)C1. The molecule has 0 aromatic heterocycles. The van der Waals surface area contributed by atoms with E-state index in [4.69, 9.17) is 27.9 Å². The highest BCUT2D eigenvalue weighted by atomic mass is 35.5. The maximum Gasteiger partial charge on any atom is 0.138 e. The Labute approximate surface area is 129 Å². The minimum absolute atomic E-state index is 0.0864. The van der Waals surface area contributed by atoms with Crippen LogP contribution in [0.3, 0.4) is 0 Å². The van der Waals surface area contributed by atoms with Gasteiger partial charge in [-0.05, 0) is 18.7 Å². The summed E-state index contributed by atoms with van der Waals surface area (Å²) < 4.78 is 5.71. The Balaban J connectivity index is 1.84. The van der Waals surface area contributed by atoms with Crippen LogP contribution in [0.2, 0.25) is 10.0 Å². The molecule has 1 aromatic carbocycles. The van der Waals surface area contributed by atoms with Crippen LogP contribution in [0.25, 0.3) is 0 Å². The maximum atomic E-state index is 9.87. The molecule has 6 heteroatoms. The highest BCUT2D eigenvalue weighted by Crippen LogP contribution is 2.30. The summed E-state index contributed by atoms with van der Waals surface area (Å²) in [6.07, 6.45) is 0.181. The van der Waals surface area contributed by atoms with Crippen molar-refractivity contribution in [3.63, 3.8) is 0 Å². The standard InChI is InChI=1S/C14H20Cl2N2O2/c1-2-18-3-4-20-12(9-18)8-17-7-10-5-11(15)6-13(16)14(10)19/h5-6,12,17,19H,2-4,7-9H2,1H3. The van der Waals surface area contributed by atoms with Gasteiger partial charge in [0, 0.05) is 36.8 Å². The zero-order valence-electron chi connectivity index (χ0n) is 11.5. The lowest BCUT2D eigenvalue weighted by molar-refractivity contribution is -0.0253. The van der Waals surface area contributed by atoms with Crippen molar-refractivity contribution in [3.8, 4) is 5.75 Å². The van der Waals surface area contributed by atoms with Gasteiger partial charge in [0.1, 0.15) is 5.75 Å². The first-order chi connectivity index (χ1) is 9.60. The van der Waals surface area contributed by atoms with E-state index in [1.54, 1.807) is 6.07 Å². The number of halogens is 2. The van der Waals surface area contributed by atoms with Crippen LogP contribution in [0.4, 0.5) is 0 Å². The van der Waals surface area contributed by atoms with Crippen LogP contribution in [0.5, 0.6) is 5.75 Å². The van der Waals surface area contributed by atoms with Crippen LogP contribution in [0.1, 0.15) is 12.5 Å². The first kappa shape index (κ1) is 15.9. The fraction of sp³-hybridized carbons (Fsp3) is 0.571. The van der Waals surface area contributed by atoms with Crippen LogP contribution in [-0.4, -0.2) is 48.9 Å². The molecule has 1 aliphatic heterocycles. The van der Waals surface area contributed by atoms with Gasteiger partial charge in [-0.15, -0.1) is 0 Å². The molecule has 1 heterocycles. The molecular weight excluding hydrogens is 299 g/mol. The number of ether oxygens (including phenoxy) is 1. The number of benzene rings is 1. The van der Waals surface area contributed by atoms with E-state index in [0.717, 1.165) is 32.8 Å². The van der Waals surface area contributed by atoms with Crippen LogP contribution >= 0.6 is 23.2 Å². The summed E-state index contributed by atoms with van der Waals surface area (Å²) in [5.74, 6) is 0.0864. The Morgan fingerprint density at radius 1 is 1.45 bits per heavy atom. The minimum atomic E-state index is 0.0864. The van der Waals surface area contributed by atoms with E-state index in [0.29, 0.717) is 17.1 Å². The quantitative estimate of drug-likeness (QED) is 0.875. The van der Waals surface area contributed by atoms with Crippen molar-refractivity contribution in [2.45, 2.75) is 19.6 Å². The molecule has 2 N–H and O–H groups in total. The highest BCUT2D eigenvalue weighted by molar-refractivity contribution is 6.35. The lowest BCUT2D eigenvalue weighted by Gasteiger charge is -2.32. The van der Waals surface area contributed by atoms with Crippen molar-refractivity contribution >= 4 is 23.2 Å². The summed E-state index contributed by atoms with van der Waals surface area (Å²) in [5, 5.41) is 14.0. The number of phenolic OH excluding ortho intramolecular Hbond substituents is 1. The number of phenols is 1. The Morgan fingerprint density at radius 3 is 3.00 bits per heavy atom. The summed E-state index contributed by atoms with van der Waals surface area (Å²) in [6.45, 7) is 7.16. The molecule has 20 heavy (non-hydrogen) atoms. The molecule has 2 rings (SSSR count). The largest absolute Gasteiger partial charge is 0.506 e. The van der Waals surface area contributed by atoms with Crippen molar-refractivity contribution in [1.29, 1.82) is 0 Å². The fourth-order valence-corrected chi connectivity index (χ4v) is 2.85. The van der Waals surface area contributed by atoms with Crippen molar-refractivity contribution in [1.82, 2.24) is 10.2 Å². The van der Waals surface area contributed by atoms with Crippen molar-refractivity contribution < 1.29 is 9.84 Å². The van der Waals surface area contributed by atoms with Gasteiger partial charge < -0.3 is 15.2 Å². The van der Waals surface area contributed by atoms with E-state index in [-0.39, 0.29) is 16.9 Å². The Kier molecular flexibility index (Phi) is 5.93. The van der Waals surface area contributed by atoms with Crippen molar-refractivity contribution in [2.24, 2.45) is 0 Å². The molecule has 1 saturated heterocycles. The van der Waals surface area contributed by atoms with E-state index < -0.39 is 0 Å². The van der Waals surface area contributed by atoms with Crippen LogP contribution in [-0.2, 0) is 11.3 Å². The Bertz CT molecular complexity index is 457. The van der Waals surface area contributed by atoms with Gasteiger partial charge in [0.05, 0.1) is 17.7 Å². The third kappa shape index (κ3) is 4.24. The monoisotopic (exact) mass is 318 g/mol. The average Bonchev–Trinajstić information content (AvgIpc) is 2.44. The molecule has 0 spiro atoms. The minimum Gasteiger partial charge on any atom is -0.506 e. The average molecular weight is 319 g/mol. The predicted octanol–water partition coefficient (Wildman–Crippen LogP) is 2.51. The van der Waals surface area contributed by atoms with Gasteiger partial charge in [-0.25, -0.2) is 0 Å². The lowest BCUT2D eigenvalue weighted by atomic mass is 10.2. The van der Waals surface area contributed by atoms with Gasteiger partial charge in [-0.3, -0.25) is 4.90 Å². The van der Waals surface area contributed by atoms with E-state index in [2.05, 4.69) is 17.1 Å². The first-order valence-corrected chi connectivity index (χ1v) is 7.57. The number of hydrogen-bond acceptors (Lipinski definition) is 4. The molecule has 0 saturated carbocycles. The van der Waals surface area contributed by atoms with Crippen molar-refractivity contribution in [2.75, 3.05) is 32.8 Å². The van der Waals surface area contributed by atoms with Crippen LogP contribution in [0, 0.1) is 0 Å². The molecule has 1 fully saturated rings. The Hall–Kier alpha value is -0.520. The van der Waals surface area contributed by atoms with E-state index in [1.807, 2.05) is 0 Å². The number of aromatic hydroxyl groups is 1. The molecule has 1 unspecified atom stereocenters. The van der Waals surface area contributed by atoms with E-state index >= 15 is 0 Å². The van der Waals surface area contributed by atoms with Crippen LogP contribution < -0.4 is 5.32 Å². The second kappa shape index (κ2) is 7.48. The second-order valence-corrected chi connectivity index (χ2v) is 5.76. The number of likely N-dealkylation sites (N-methyl/N-ethyl adjacent to an activating group) is 1. The van der Waals surface area contributed by atoms with E-state index in [9.17, 15) is 5.11 Å². The molecule has 0 aliphatic carbocycles. The van der Waals surface area contributed by atoms with Gasteiger partial charge in [0.15, 0.2) is 0 Å². The molecule has 0 radical (unpaired) electrons. The number of nitrogens with one attached hydrogen (secondary N) is 1. The first-order valence-electron chi connectivity index (χ1n) is 6.81. The summed E-state index contributed by atoms with van der Waals surface area (Å²) >= 11 is 11.8. The summed E-state index contributed by atoms with van der Waals surface area (Å²) in [5.41, 5.74) is 0.700. The molecule has 112 valence electrons. The number of nitrogens with zero attached hydrogens (tertiary/aromatic N) is 1. The fourth-order valence-electron chi connectivity index (χ4n) is 2.31. The third-order valence-corrected chi connectivity index (χ3v) is 3.97. The molecule has 1 atom stereocenters. The van der Waals surface area contributed by atoms with Gasteiger partial charge in [-0.1, -0.05) is 30.1 Å². The number of hydrogen-bond donors (Lipinski definition) is 2. The van der Waals surface area contributed by atoms with Crippen molar-refractivity contribution in [3.05, 3.63) is 27.7 Å². The number of morpholine rings is 1. The number of rotatable bonds is 5.